The predicted octanol–water partition coefficient (Wildman–Crippen LogP) is 4.27. The number of benzene rings is 2. The molecule has 0 atom stereocenters. The van der Waals surface area contributed by atoms with Crippen molar-refractivity contribution in [3.8, 4) is 22.6 Å². The Bertz CT molecular complexity index is 1110. The van der Waals surface area contributed by atoms with Crippen molar-refractivity contribution < 1.29 is 17.9 Å². The van der Waals surface area contributed by atoms with Crippen molar-refractivity contribution in [3.63, 3.8) is 0 Å². The highest BCUT2D eigenvalue weighted by atomic mass is 35.5. The molecule has 0 amide bonds. The summed E-state index contributed by atoms with van der Waals surface area (Å²) in [5.41, 5.74) is 0.861. The molecule has 0 radical (unpaired) electrons. The number of anilines is 1. The molecular weight excluding hydrogens is 425 g/mol. The first-order valence-corrected chi connectivity index (χ1v) is 10.1. The fourth-order valence-electron chi connectivity index (χ4n) is 2.49. The van der Waals surface area contributed by atoms with Gasteiger partial charge in [0.1, 0.15) is 11.5 Å². The normalized spacial score (nSPS) is 11.1. The van der Waals surface area contributed by atoms with Crippen LogP contribution in [0.3, 0.4) is 0 Å². The number of sulfonamides is 1. The highest BCUT2D eigenvalue weighted by Gasteiger charge is 2.21. The van der Waals surface area contributed by atoms with Crippen molar-refractivity contribution in [1.29, 1.82) is 0 Å². The number of rotatable bonds is 6. The summed E-state index contributed by atoms with van der Waals surface area (Å²) in [6, 6.07) is 10.8. The first kappa shape index (κ1) is 20.2. The summed E-state index contributed by atoms with van der Waals surface area (Å²) >= 11 is 12.1. The zero-order chi connectivity index (χ0) is 20.3. The molecule has 0 aliphatic rings. The molecule has 10 heteroatoms. The van der Waals surface area contributed by atoms with Gasteiger partial charge in [-0.3, -0.25) is 4.72 Å². The molecule has 7 nitrogen and oxygen atoms in total. The van der Waals surface area contributed by atoms with Crippen LogP contribution in [0.4, 0.5) is 5.82 Å². The van der Waals surface area contributed by atoms with E-state index in [0.29, 0.717) is 27.6 Å². The number of hydrogen-bond acceptors (Lipinski definition) is 6. The first-order valence-electron chi connectivity index (χ1n) is 7.87. The summed E-state index contributed by atoms with van der Waals surface area (Å²) in [4.78, 5) is 8.05. The van der Waals surface area contributed by atoms with Crippen molar-refractivity contribution in [2.24, 2.45) is 0 Å². The van der Waals surface area contributed by atoms with Gasteiger partial charge in [0.25, 0.3) is 10.0 Å². The van der Waals surface area contributed by atoms with Gasteiger partial charge in [0.05, 0.1) is 24.7 Å². The predicted molar refractivity (Wildman–Crippen MR) is 108 cm³/mol. The van der Waals surface area contributed by atoms with E-state index in [-0.39, 0.29) is 15.9 Å². The van der Waals surface area contributed by atoms with Gasteiger partial charge in [0, 0.05) is 5.02 Å². The fraction of sp³-hybridized carbons (Fsp3) is 0.111. The molecule has 0 unspecified atom stereocenters. The highest BCUT2D eigenvalue weighted by Crippen LogP contribution is 2.38. The average Bonchev–Trinajstić information content (AvgIpc) is 2.67. The lowest BCUT2D eigenvalue weighted by Gasteiger charge is -2.14. The Balaban J connectivity index is 2.07. The summed E-state index contributed by atoms with van der Waals surface area (Å²) in [5.74, 6) is 0.996. The molecule has 0 bridgehead atoms. The van der Waals surface area contributed by atoms with E-state index in [1.54, 1.807) is 18.2 Å². The molecule has 0 fully saturated rings. The summed E-state index contributed by atoms with van der Waals surface area (Å²) in [6.45, 7) is 0. The zero-order valence-corrected chi connectivity index (χ0v) is 17.1. The number of aromatic nitrogens is 2. The van der Waals surface area contributed by atoms with Crippen LogP contribution in [0.25, 0.3) is 11.1 Å². The van der Waals surface area contributed by atoms with E-state index >= 15 is 0 Å². The van der Waals surface area contributed by atoms with Gasteiger partial charge in [0.15, 0.2) is 17.3 Å². The Morgan fingerprint density at radius 1 is 0.929 bits per heavy atom. The second-order valence-corrected chi connectivity index (χ2v) is 7.99. The van der Waals surface area contributed by atoms with Crippen molar-refractivity contribution in [1.82, 2.24) is 9.97 Å². The monoisotopic (exact) mass is 439 g/mol. The molecule has 1 aromatic heterocycles. The van der Waals surface area contributed by atoms with Gasteiger partial charge in [-0.2, -0.15) is 0 Å². The third-order valence-electron chi connectivity index (χ3n) is 3.83. The summed E-state index contributed by atoms with van der Waals surface area (Å²) in [7, 11) is -0.909. The van der Waals surface area contributed by atoms with Crippen molar-refractivity contribution in [3.05, 3.63) is 59.0 Å². The minimum Gasteiger partial charge on any atom is -0.493 e. The van der Waals surface area contributed by atoms with Gasteiger partial charge in [-0.1, -0.05) is 29.3 Å². The van der Waals surface area contributed by atoms with Crippen molar-refractivity contribution in [2.75, 3.05) is 18.9 Å². The largest absolute Gasteiger partial charge is 0.493 e. The van der Waals surface area contributed by atoms with E-state index in [1.165, 1.54) is 44.8 Å². The maximum atomic E-state index is 12.7. The van der Waals surface area contributed by atoms with Gasteiger partial charge in [-0.15, -0.1) is 0 Å². The minimum atomic E-state index is -3.92. The molecule has 0 saturated carbocycles. The van der Waals surface area contributed by atoms with Gasteiger partial charge >= 0.3 is 0 Å². The molecule has 1 heterocycles. The number of ether oxygens (including phenoxy) is 2. The number of methoxy groups -OCH3 is 2. The second kappa shape index (κ2) is 8.22. The molecule has 3 aromatic rings. The Morgan fingerprint density at radius 2 is 1.61 bits per heavy atom. The highest BCUT2D eigenvalue weighted by molar-refractivity contribution is 7.92. The van der Waals surface area contributed by atoms with E-state index in [1.807, 2.05) is 0 Å². The first-order chi connectivity index (χ1) is 13.4. The van der Waals surface area contributed by atoms with Crippen LogP contribution >= 0.6 is 23.2 Å². The molecular formula is C18H15Cl2N3O4S. The lowest BCUT2D eigenvalue weighted by atomic mass is 10.1. The van der Waals surface area contributed by atoms with Crippen LogP contribution in [-0.4, -0.2) is 32.6 Å². The smallest absolute Gasteiger partial charge is 0.263 e. The Morgan fingerprint density at radius 3 is 2.25 bits per heavy atom. The van der Waals surface area contributed by atoms with Gasteiger partial charge in [-0.05, 0) is 42.0 Å². The van der Waals surface area contributed by atoms with E-state index < -0.39 is 10.0 Å². The van der Waals surface area contributed by atoms with Crippen LogP contribution in [0.5, 0.6) is 11.5 Å². The summed E-state index contributed by atoms with van der Waals surface area (Å²) in [5, 5.41) is 0.506. The molecule has 0 spiro atoms. The minimum absolute atomic E-state index is 0.0298. The lowest BCUT2D eigenvalue weighted by molar-refractivity contribution is 0.355. The Kier molecular flexibility index (Phi) is 5.93. The maximum absolute atomic E-state index is 12.7. The topological polar surface area (TPSA) is 90.4 Å². The quantitative estimate of drug-likeness (QED) is 0.576. The number of nitrogens with one attached hydrogen (secondary N) is 1. The third kappa shape index (κ3) is 4.14. The molecule has 1 N–H and O–H groups in total. The van der Waals surface area contributed by atoms with Crippen LogP contribution in [0.2, 0.25) is 10.2 Å². The molecule has 0 aliphatic heterocycles. The van der Waals surface area contributed by atoms with Crippen LogP contribution in [0.1, 0.15) is 0 Å². The molecule has 146 valence electrons. The van der Waals surface area contributed by atoms with Gasteiger partial charge in [-0.25, -0.2) is 18.4 Å². The van der Waals surface area contributed by atoms with Crippen LogP contribution < -0.4 is 14.2 Å². The summed E-state index contributed by atoms with van der Waals surface area (Å²) < 4.78 is 38.4. The van der Waals surface area contributed by atoms with Crippen molar-refractivity contribution >= 4 is 39.0 Å². The average molecular weight is 440 g/mol. The zero-order valence-electron chi connectivity index (χ0n) is 14.8. The van der Waals surface area contributed by atoms with Gasteiger partial charge in [0.2, 0.25) is 0 Å². The SMILES string of the molecule is COc1ccc(-c2c(Cl)ncnc2NS(=O)(=O)c2ccc(Cl)cc2)cc1OC. The third-order valence-corrected chi connectivity index (χ3v) is 5.72. The van der Waals surface area contributed by atoms with E-state index in [4.69, 9.17) is 32.7 Å². The number of nitrogens with zero attached hydrogens (tertiary/aromatic N) is 2. The molecule has 28 heavy (non-hydrogen) atoms. The van der Waals surface area contributed by atoms with E-state index in [0.717, 1.165) is 0 Å². The molecule has 0 saturated heterocycles. The molecule has 3 rings (SSSR count). The Labute approximate surface area is 172 Å². The van der Waals surface area contributed by atoms with Gasteiger partial charge < -0.3 is 9.47 Å². The molecule has 0 aliphatic carbocycles. The standard InChI is InChI=1S/C18H15Cl2N3O4S/c1-26-14-8-3-11(9-15(14)27-2)16-17(20)21-10-22-18(16)23-28(24,25)13-6-4-12(19)5-7-13/h3-10H,1-2H3,(H,21,22,23). The van der Waals surface area contributed by atoms with Crippen LogP contribution in [0, 0.1) is 0 Å². The van der Waals surface area contributed by atoms with E-state index in [9.17, 15) is 8.42 Å². The second-order valence-electron chi connectivity index (χ2n) is 5.52. The van der Waals surface area contributed by atoms with Crippen molar-refractivity contribution in [2.45, 2.75) is 4.90 Å². The van der Waals surface area contributed by atoms with E-state index in [2.05, 4.69) is 14.7 Å². The maximum Gasteiger partial charge on any atom is 0.263 e. The molecule has 2 aromatic carbocycles. The van der Waals surface area contributed by atoms with Crippen LogP contribution in [-0.2, 0) is 10.0 Å². The number of halogens is 2. The lowest BCUT2D eigenvalue weighted by Crippen LogP contribution is -2.15. The fourth-order valence-corrected chi connectivity index (χ4v) is 3.88. The number of hydrogen-bond donors (Lipinski definition) is 1. The summed E-state index contributed by atoms with van der Waals surface area (Å²) in [6.07, 6.45) is 1.17. The Hall–Kier alpha value is -2.55. The van der Waals surface area contributed by atoms with Crippen LogP contribution in [0.15, 0.2) is 53.7 Å².